The molecule has 2 N–H and O–H groups in total. The number of methoxy groups -OCH3 is 1. The Hall–Kier alpha value is -2.30. The van der Waals surface area contributed by atoms with E-state index in [-0.39, 0.29) is 31.2 Å². The molecule has 7 nitrogen and oxygen atoms in total. The quantitative estimate of drug-likeness (QED) is 0.727. The van der Waals surface area contributed by atoms with Gasteiger partial charge < -0.3 is 15.4 Å². The molecule has 1 aliphatic rings. The summed E-state index contributed by atoms with van der Waals surface area (Å²) in [6.45, 7) is 1.04. The molecule has 1 aromatic carbocycles. The molecule has 1 unspecified atom stereocenters. The van der Waals surface area contributed by atoms with Crippen LogP contribution in [0, 0.1) is 0 Å². The molecular formula is C18H23ClF3N5O2. The molecule has 1 aliphatic heterocycles. The molecule has 1 amide bonds. The van der Waals surface area contributed by atoms with E-state index in [2.05, 4.69) is 15.7 Å². The molecule has 1 atom stereocenters. The number of carbonyl (C=O) groups is 1. The van der Waals surface area contributed by atoms with Gasteiger partial charge in [-0.25, -0.2) is 4.68 Å². The third-order valence-corrected chi connectivity index (χ3v) is 4.58. The van der Waals surface area contributed by atoms with Crippen LogP contribution in [0.2, 0.25) is 0 Å². The highest BCUT2D eigenvalue weighted by Crippen LogP contribution is 2.25. The van der Waals surface area contributed by atoms with Gasteiger partial charge >= 0.3 is 6.18 Å². The first-order valence-electron chi connectivity index (χ1n) is 8.88. The Labute approximate surface area is 172 Å². The summed E-state index contributed by atoms with van der Waals surface area (Å²) in [7, 11) is 1.56. The summed E-state index contributed by atoms with van der Waals surface area (Å²) >= 11 is 0. The van der Waals surface area contributed by atoms with E-state index in [4.69, 9.17) is 4.74 Å². The van der Waals surface area contributed by atoms with Crippen molar-refractivity contribution in [2.45, 2.75) is 12.2 Å². The van der Waals surface area contributed by atoms with E-state index >= 15 is 0 Å². The highest BCUT2D eigenvalue weighted by atomic mass is 35.5. The van der Waals surface area contributed by atoms with Gasteiger partial charge in [0.05, 0.1) is 12.8 Å². The number of nitrogens with one attached hydrogen (secondary N) is 2. The third-order valence-electron chi connectivity index (χ3n) is 4.58. The van der Waals surface area contributed by atoms with Crippen LogP contribution in [-0.4, -0.2) is 72.6 Å². The first kappa shape index (κ1) is 23.0. The molecule has 1 saturated heterocycles. The monoisotopic (exact) mass is 433 g/mol. The summed E-state index contributed by atoms with van der Waals surface area (Å²) in [5, 5.41) is 9.54. The van der Waals surface area contributed by atoms with Gasteiger partial charge in [0.2, 0.25) is 0 Å². The lowest BCUT2D eigenvalue weighted by molar-refractivity contribution is -0.183. The molecule has 160 valence electrons. The number of carbonyl (C=O) groups excluding carboxylic acids is 1. The lowest BCUT2D eigenvalue weighted by Crippen LogP contribution is -2.57. The van der Waals surface area contributed by atoms with Crippen LogP contribution in [0.1, 0.15) is 10.5 Å². The van der Waals surface area contributed by atoms with Gasteiger partial charge in [-0.3, -0.25) is 9.69 Å². The van der Waals surface area contributed by atoms with E-state index in [1.54, 1.807) is 37.6 Å². The molecule has 11 heteroatoms. The smallest absolute Gasteiger partial charge is 0.405 e. The van der Waals surface area contributed by atoms with E-state index < -0.39 is 24.7 Å². The van der Waals surface area contributed by atoms with Crippen LogP contribution in [0.5, 0.6) is 5.75 Å². The largest absolute Gasteiger partial charge is 0.497 e. The number of benzene rings is 1. The Bertz CT molecular complexity index is 792. The predicted octanol–water partition coefficient (Wildman–Crippen LogP) is 1.87. The molecule has 0 bridgehead atoms. The van der Waals surface area contributed by atoms with Crippen molar-refractivity contribution in [3.63, 3.8) is 0 Å². The zero-order valence-electron chi connectivity index (χ0n) is 15.8. The Morgan fingerprint density at radius 1 is 1.24 bits per heavy atom. The maximum Gasteiger partial charge on any atom is 0.405 e. The summed E-state index contributed by atoms with van der Waals surface area (Å²) in [5.74, 6) is 0.0385. The zero-order valence-corrected chi connectivity index (χ0v) is 16.6. The van der Waals surface area contributed by atoms with Crippen LogP contribution in [0.15, 0.2) is 36.5 Å². The average molecular weight is 434 g/mol. The lowest BCUT2D eigenvalue weighted by atomic mass is 10.2. The molecule has 29 heavy (non-hydrogen) atoms. The molecule has 1 aromatic heterocycles. The van der Waals surface area contributed by atoms with Gasteiger partial charge in [0, 0.05) is 38.9 Å². The first-order valence-corrected chi connectivity index (χ1v) is 8.88. The Balaban J connectivity index is 0.00000300. The number of hydrogen-bond donors (Lipinski definition) is 2. The highest BCUT2D eigenvalue weighted by molar-refractivity contribution is 5.92. The number of amides is 1. The normalized spacial score (nSPS) is 16.0. The molecule has 2 aromatic rings. The number of hydrogen-bond acceptors (Lipinski definition) is 5. The van der Waals surface area contributed by atoms with Gasteiger partial charge in [-0.15, -0.1) is 12.4 Å². The van der Waals surface area contributed by atoms with Crippen LogP contribution in [-0.2, 0) is 0 Å². The minimum absolute atomic E-state index is 0. The predicted molar refractivity (Wildman–Crippen MR) is 104 cm³/mol. The van der Waals surface area contributed by atoms with Crippen molar-refractivity contribution in [1.29, 1.82) is 0 Å². The number of rotatable bonds is 6. The van der Waals surface area contributed by atoms with Gasteiger partial charge in [-0.1, -0.05) is 0 Å². The van der Waals surface area contributed by atoms with Gasteiger partial charge in [0.15, 0.2) is 5.69 Å². The summed E-state index contributed by atoms with van der Waals surface area (Å²) in [4.78, 5) is 13.6. The van der Waals surface area contributed by atoms with Crippen molar-refractivity contribution in [2.75, 3.05) is 39.8 Å². The lowest BCUT2D eigenvalue weighted by Gasteiger charge is -2.35. The van der Waals surface area contributed by atoms with Crippen LogP contribution < -0.4 is 15.4 Å². The van der Waals surface area contributed by atoms with Crippen LogP contribution in [0.25, 0.3) is 5.69 Å². The molecular weight excluding hydrogens is 411 g/mol. The van der Waals surface area contributed by atoms with Gasteiger partial charge in [0.1, 0.15) is 11.8 Å². The average Bonchev–Trinajstić information content (AvgIpc) is 3.18. The summed E-state index contributed by atoms with van der Waals surface area (Å²) < 4.78 is 46.8. The summed E-state index contributed by atoms with van der Waals surface area (Å²) in [6.07, 6.45) is -2.85. The van der Waals surface area contributed by atoms with Crippen molar-refractivity contribution in [1.82, 2.24) is 25.3 Å². The Kier molecular flexibility index (Phi) is 7.88. The maximum atomic E-state index is 13.4. The van der Waals surface area contributed by atoms with Crippen molar-refractivity contribution >= 4 is 18.3 Å². The number of nitrogens with zero attached hydrogens (tertiary/aromatic N) is 3. The van der Waals surface area contributed by atoms with E-state index in [1.165, 1.54) is 15.6 Å². The van der Waals surface area contributed by atoms with Crippen LogP contribution in [0.4, 0.5) is 13.2 Å². The Morgan fingerprint density at radius 3 is 2.48 bits per heavy atom. The van der Waals surface area contributed by atoms with Gasteiger partial charge in [0.25, 0.3) is 5.91 Å². The molecule has 1 fully saturated rings. The van der Waals surface area contributed by atoms with E-state index in [0.29, 0.717) is 24.5 Å². The maximum absolute atomic E-state index is 13.4. The summed E-state index contributed by atoms with van der Waals surface area (Å²) in [5.41, 5.74) is 0.755. The fourth-order valence-corrected chi connectivity index (χ4v) is 3.05. The number of alkyl halides is 3. The topological polar surface area (TPSA) is 71.4 Å². The van der Waals surface area contributed by atoms with Crippen molar-refractivity contribution in [3.05, 3.63) is 42.2 Å². The van der Waals surface area contributed by atoms with Crippen molar-refractivity contribution < 1.29 is 22.7 Å². The number of halogens is 4. The molecule has 2 heterocycles. The third kappa shape index (κ3) is 5.84. The zero-order chi connectivity index (χ0) is 20.1. The molecule has 0 saturated carbocycles. The van der Waals surface area contributed by atoms with E-state index in [0.717, 1.165) is 0 Å². The fourth-order valence-electron chi connectivity index (χ4n) is 3.05. The molecule has 0 aliphatic carbocycles. The second-order valence-electron chi connectivity index (χ2n) is 6.40. The van der Waals surface area contributed by atoms with Crippen molar-refractivity contribution in [2.24, 2.45) is 0 Å². The Morgan fingerprint density at radius 2 is 1.90 bits per heavy atom. The standard InChI is InChI=1S/C18H22F3N5O2.ClH/c1-28-14-4-2-13(3-5-14)26-9-6-15(24-26)17(27)23-12-16(18(19,20)21)25-10-7-22-8-11-25;/h2-6,9,16,22H,7-8,10-12H2,1H3,(H,23,27);1H. The van der Waals surface area contributed by atoms with Crippen molar-refractivity contribution in [3.8, 4) is 11.4 Å². The second-order valence-corrected chi connectivity index (χ2v) is 6.40. The molecule has 3 rings (SSSR count). The van der Waals surface area contributed by atoms with E-state index in [1.807, 2.05) is 0 Å². The minimum Gasteiger partial charge on any atom is -0.497 e. The molecule has 0 spiro atoms. The van der Waals surface area contributed by atoms with Crippen LogP contribution in [0.3, 0.4) is 0 Å². The molecule has 0 radical (unpaired) electrons. The van der Waals surface area contributed by atoms with E-state index in [9.17, 15) is 18.0 Å². The fraction of sp³-hybridized carbons (Fsp3) is 0.444. The number of aromatic nitrogens is 2. The highest BCUT2D eigenvalue weighted by Gasteiger charge is 2.43. The minimum atomic E-state index is -4.42. The number of ether oxygens (including phenoxy) is 1. The van der Waals surface area contributed by atoms with Crippen LogP contribution >= 0.6 is 12.4 Å². The second kappa shape index (κ2) is 9.95. The first-order chi connectivity index (χ1) is 13.4. The summed E-state index contributed by atoms with van der Waals surface area (Å²) in [6, 6.07) is 6.76. The number of piperazine rings is 1. The SMILES string of the molecule is COc1ccc(-n2ccc(C(=O)NCC(N3CCNCC3)C(F)(F)F)n2)cc1.Cl. The van der Waals surface area contributed by atoms with Gasteiger partial charge in [-0.2, -0.15) is 18.3 Å². The van der Waals surface area contributed by atoms with Gasteiger partial charge in [-0.05, 0) is 30.3 Å².